The number of para-hydroxylation sites is 1. The van der Waals surface area contributed by atoms with Crippen molar-refractivity contribution >= 4 is 41.3 Å². The van der Waals surface area contributed by atoms with Crippen LogP contribution in [0.5, 0.6) is 5.75 Å². The zero-order valence-corrected chi connectivity index (χ0v) is 20.1. The van der Waals surface area contributed by atoms with Gasteiger partial charge in [0, 0.05) is 18.5 Å². The molecule has 0 radical (unpaired) electrons. The van der Waals surface area contributed by atoms with Crippen LogP contribution in [-0.4, -0.2) is 18.0 Å². The van der Waals surface area contributed by atoms with Crippen LogP contribution in [0.4, 0.5) is 0 Å². The highest BCUT2D eigenvalue weighted by atomic mass is 127. The van der Waals surface area contributed by atoms with Crippen LogP contribution >= 0.6 is 35.3 Å². The molecule has 0 spiro atoms. The Morgan fingerprint density at radius 1 is 0.966 bits per heavy atom. The number of ether oxygens (including phenoxy) is 1. The smallest absolute Gasteiger partial charge is 0.191 e. The molecule has 29 heavy (non-hydrogen) atoms. The first-order valence-electron chi connectivity index (χ1n) is 9.27. The normalized spacial score (nSPS) is 10.9. The molecule has 0 saturated heterocycles. The van der Waals surface area contributed by atoms with E-state index in [1.807, 2.05) is 49.4 Å². The predicted octanol–water partition coefficient (Wildman–Crippen LogP) is 4.82. The number of benzene rings is 2. The summed E-state index contributed by atoms with van der Waals surface area (Å²) in [6, 6.07) is 18.2. The number of aryl methyl sites for hydroxylation is 2. The van der Waals surface area contributed by atoms with E-state index in [2.05, 4.69) is 39.7 Å². The fourth-order valence-electron chi connectivity index (χ4n) is 2.72. The number of hydrogen-bond donors (Lipinski definition) is 2. The van der Waals surface area contributed by atoms with Gasteiger partial charge in [-0.05, 0) is 37.1 Å². The second-order valence-corrected chi connectivity index (χ2v) is 7.69. The summed E-state index contributed by atoms with van der Waals surface area (Å²) in [6.07, 6.45) is 0. The fourth-order valence-corrected chi connectivity index (χ4v) is 3.60. The van der Waals surface area contributed by atoms with E-state index >= 15 is 0 Å². The van der Waals surface area contributed by atoms with Gasteiger partial charge in [-0.1, -0.05) is 42.5 Å². The largest absolute Gasteiger partial charge is 0.489 e. The van der Waals surface area contributed by atoms with Gasteiger partial charge in [-0.15, -0.1) is 35.3 Å². The Morgan fingerprint density at radius 2 is 1.62 bits per heavy atom. The minimum Gasteiger partial charge on any atom is -0.489 e. The molecule has 3 aromatic rings. The van der Waals surface area contributed by atoms with Gasteiger partial charge in [0.2, 0.25) is 0 Å². The molecule has 0 saturated carbocycles. The quantitative estimate of drug-likeness (QED) is 0.266. The van der Waals surface area contributed by atoms with Crippen LogP contribution in [0.15, 0.2) is 59.6 Å². The number of aliphatic imine (C=N–C) groups is 1. The fraction of sp³-hybridized carbons (Fsp3) is 0.273. The minimum absolute atomic E-state index is 0. The molecule has 2 aromatic carbocycles. The van der Waals surface area contributed by atoms with Crippen molar-refractivity contribution < 1.29 is 4.74 Å². The van der Waals surface area contributed by atoms with Crippen molar-refractivity contribution in [1.29, 1.82) is 0 Å². The molecular weight excluding hydrogens is 495 g/mol. The molecule has 5 nitrogen and oxygen atoms in total. The van der Waals surface area contributed by atoms with E-state index in [4.69, 9.17) is 4.74 Å². The summed E-state index contributed by atoms with van der Waals surface area (Å²) >= 11 is 1.72. The Bertz CT molecular complexity index is 908. The summed E-state index contributed by atoms with van der Waals surface area (Å²) in [5.41, 5.74) is 3.43. The van der Waals surface area contributed by atoms with Gasteiger partial charge in [0.25, 0.3) is 0 Å². The number of halogens is 1. The monoisotopic (exact) mass is 522 g/mol. The lowest BCUT2D eigenvalue weighted by Crippen LogP contribution is -2.36. The molecule has 0 aliphatic heterocycles. The van der Waals surface area contributed by atoms with Crippen molar-refractivity contribution in [3.8, 4) is 5.75 Å². The lowest BCUT2D eigenvalue weighted by Gasteiger charge is -2.14. The number of thiazole rings is 1. The predicted molar refractivity (Wildman–Crippen MR) is 131 cm³/mol. The SMILES string of the molecule is CN=C(NCc1nc(C)c(C)s1)NCc1ccccc1COc1ccccc1.I. The van der Waals surface area contributed by atoms with Gasteiger partial charge < -0.3 is 15.4 Å². The maximum absolute atomic E-state index is 5.90. The minimum atomic E-state index is 0. The Hall–Kier alpha value is -2.13. The molecule has 0 atom stereocenters. The topological polar surface area (TPSA) is 58.5 Å². The summed E-state index contributed by atoms with van der Waals surface area (Å²) in [4.78, 5) is 10.1. The second-order valence-electron chi connectivity index (χ2n) is 6.40. The van der Waals surface area contributed by atoms with Crippen molar-refractivity contribution in [2.24, 2.45) is 4.99 Å². The van der Waals surface area contributed by atoms with Crippen molar-refractivity contribution in [2.75, 3.05) is 7.05 Å². The second kappa shape index (κ2) is 11.8. The van der Waals surface area contributed by atoms with Gasteiger partial charge in [0.1, 0.15) is 17.4 Å². The van der Waals surface area contributed by atoms with Gasteiger partial charge in [-0.2, -0.15) is 0 Å². The van der Waals surface area contributed by atoms with Crippen LogP contribution in [0.2, 0.25) is 0 Å². The van der Waals surface area contributed by atoms with E-state index < -0.39 is 0 Å². The van der Waals surface area contributed by atoms with Crippen molar-refractivity contribution in [2.45, 2.75) is 33.5 Å². The zero-order chi connectivity index (χ0) is 19.8. The average Bonchev–Trinajstić information content (AvgIpc) is 3.05. The number of aromatic nitrogens is 1. The highest BCUT2D eigenvalue weighted by Crippen LogP contribution is 2.16. The molecule has 0 aliphatic carbocycles. The first-order valence-corrected chi connectivity index (χ1v) is 10.1. The maximum Gasteiger partial charge on any atom is 0.191 e. The molecule has 1 heterocycles. The van der Waals surface area contributed by atoms with Crippen LogP contribution in [-0.2, 0) is 19.7 Å². The van der Waals surface area contributed by atoms with E-state index in [0.717, 1.165) is 28.0 Å². The van der Waals surface area contributed by atoms with E-state index in [1.165, 1.54) is 10.4 Å². The molecular formula is C22H27IN4OS. The van der Waals surface area contributed by atoms with E-state index in [0.29, 0.717) is 19.7 Å². The Morgan fingerprint density at radius 3 is 2.28 bits per heavy atom. The Labute approximate surface area is 193 Å². The van der Waals surface area contributed by atoms with E-state index in [1.54, 1.807) is 18.4 Å². The first kappa shape index (κ1) is 23.2. The number of guanidine groups is 1. The van der Waals surface area contributed by atoms with Crippen molar-refractivity contribution in [1.82, 2.24) is 15.6 Å². The summed E-state index contributed by atoms with van der Waals surface area (Å²) < 4.78 is 5.90. The number of rotatable bonds is 7. The van der Waals surface area contributed by atoms with Gasteiger partial charge in [0.15, 0.2) is 5.96 Å². The van der Waals surface area contributed by atoms with Crippen LogP contribution in [0, 0.1) is 13.8 Å². The average molecular weight is 522 g/mol. The molecule has 2 N–H and O–H groups in total. The van der Waals surface area contributed by atoms with E-state index in [-0.39, 0.29) is 24.0 Å². The zero-order valence-electron chi connectivity index (χ0n) is 16.9. The molecule has 0 amide bonds. The molecule has 0 fully saturated rings. The van der Waals surface area contributed by atoms with Gasteiger partial charge in [-0.25, -0.2) is 4.98 Å². The molecule has 154 valence electrons. The molecule has 1 aromatic heterocycles. The van der Waals surface area contributed by atoms with Crippen LogP contribution in [0.3, 0.4) is 0 Å². The van der Waals surface area contributed by atoms with Crippen molar-refractivity contribution in [3.05, 3.63) is 81.3 Å². The molecule has 0 aliphatic rings. The summed E-state index contributed by atoms with van der Waals surface area (Å²) in [6.45, 7) is 6.00. The lowest BCUT2D eigenvalue weighted by atomic mass is 10.1. The van der Waals surface area contributed by atoms with Gasteiger partial charge >= 0.3 is 0 Å². The highest BCUT2D eigenvalue weighted by Gasteiger charge is 2.07. The number of nitrogens with one attached hydrogen (secondary N) is 2. The molecule has 0 bridgehead atoms. The third-order valence-corrected chi connectivity index (χ3v) is 5.48. The van der Waals surface area contributed by atoms with Crippen LogP contribution in [0.1, 0.15) is 26.7 Å². The third kappa shape index (κ3) is 7.01. The molecule has 0 unspecified atom stereocenters. The van der Waals surface area contributed by atoms with Crippen molar-refractivity contribution in [3.63, 3.8) is 0 Å². The molecule has 3 rings (SSSR count). The number of hydrogen-bond acceptors (Lipinski definition) is 4. The van der Waals surface area contributed by atoms with Crippen LogP contribution < -0.4 is 15.4 Å². The van der Waals surface area contributed by atoms with Gasteiger partial charge in [0.05, 0.1) is 12.2 Å². The molecule has 7 heteroatoms. The summed E-state index contributed by atoms with van der Waals surface area (Å²) in [5.74, 6) is 1.63. The Kier molecular flexibility index (Phi) is 9.40. The standard InChI is InChI=1S/C22H26N4OS.HI/c1-16-17(2)28-21(26-16)14-25-22(23-3)24-13-18-9-7-8-10-19(18)15-27-20-11-5-4-6-12-20;/h4-12H,13-15H2,1-3H3,(H2,23,24,25);1H. The van der Waals surface area contributed by atoms with Crippen LogP contribution in [0.25, 0.3) is 0 Å². The van der Waals surface area contributed by atoms with E-state index in [9.17, 15) is 0 Å². The Balaban J connectivity index is 0.00000300. The highest BCUT2D eigenvalue weighted by molar-refractivity contribution is 14.0. The summed E-state index contributed by atoms with van der Waals surface area (Å²) in [5, 5.41) is 7.77. The maximum atomic E-state index is 5.90. The first-order chi connectivity index (χ1) is 13.7. The lowest BCUT2D eigenvalue weighted by molar-refractivity contribution is 0.305. The summed E-state index contributed by atoms with van der Waals surface area (Å²) in [7, 11) is 1.78. The van der Waals surface area contributed by atoms with Gasteiger partial charge in [-0.3, -0.25) is 4.99 Å². The number of nitrogens with zero attached hydrogens (tertiary/aromatic N) is 2. The third-order valence-electron chi connectivity index (χ3n) is 4.41.